The highest BCUT2D eigenvalue weighted by atomic mass is 32.2. The van der Waals surface area contributed by atoms with Crippen molar-refractivity contribution in [2.75, 3.05) is 44.9 Å². The molecule has 3 saturated heterocycles. The van der Waals surface area contributed by atoms with Gasteiger partial charge in [-0.3, -0.25) is 4.90 Å². The minimum absolute atomic E-state index is 0.0598. The van der Waals surface area contributed by atoms with E-state index in [4.69, 9.17) is 14.2 Å². The van der Waals surface area contributed by atoms with E-state index in [1.54, 1.807) is 7.11 Å². The predicted molar refractivity (Wildman–Crippen MR) is 78.1 cm³/mol. The van der Waals surface area contributed by atoms with Gasteiger partial charge in [-0.2, -0.15) is 0 Å². The van der Waals surface area contributed by atoms with Crippen LogP contribution in [0.25, 0.3) is 0 Å². The lowest BCUT2D eigenvalue weighted by Gasteiger charge is -2.46. The Morgan fingerprint density at radius 2 is 2.19 bits per heavy atom. The van der Waals surface area contributed by atoms with Crippen LogP contribution in [-0.4, -0.2) is 82.1 Å². The molecule has 2 unspecified atom stereocenters. The first-order valence-corrected chi connectivity index (χ1v) is 9.52. The molecule has 3 heterocycles. The van der Waals surface area contributed by atoms with Gasteiger partial charge in [0.05, 0.1) is 36.4 Å². The molecule has 122 valence electrons. The van der Waals surface area contributed by atoms with Crippen molar-refractivity contribution in [3.05, 3.63) is 0 Å². The molecule has 0 aromatic heterocycles. The molecule has 0 aromatic rings. The van der Waals surface area contributed by atoms with Crippen molar-refractivity contribution in [2.24, 2.45) is 0 Å². The zero-order valence-electron chi connectivity index (χ0n) is 12.8. The molecule has 6 nitrogen and oxygen atoms in total. The normalized spacial score (nSPS) is 43.6. The van der Waals surface area contributed by atoms with E-state index in [2.05, 4.69) is 11.8 Å². The monoisotopic (exact) mass is 319 g/mol. The first-order valence-electron chi connectivity index (χ1n) is 7.70. The Balaban J connectivity index is 1.80. The highest BCUT2D eigenvalue weighted by Crippen LogP contribution is 2.34. The molecular formula is C14H25NO5S. The molecule has 0 saturated carbocycles. The van der Waals surface area contributed by atoms with Gasteiger partial charge in [-0.1, -0.05) is 6.92 Å². The van der Waals surface area contributed by atoms with Crippen molar-refractivity contribution in [3.63, 3.8) is 0 Å². The molecule has 0 N–H and O–H groups in total. The van der Waals surface area contributed by atoms with Crippen LogP contribution < -0.4 is 0 Å². The Kier molecular flexibility index (Phi) is 4.31. The molecule has 3 rings (SSSR count). The second-order valence-electron chi connectivity index (χ2n) is 6.48. The van der Waals surface area contributed by atoms with E-state index in [0.717, 1.165) is 32.5 Å². The third kappa shape index (κ3) is 3.12. The maximum Gasteiger partial charge on any atom is 0.154 e. The molecule has 4 atom stereocenters. The van der Waals surface area contributed by atoms with Crippen molar-refractivity contribution in [1.29, 1.82) is 0 Å². The van der Waals surface area contributed by atoms with E-state index >= 15 is 0 Å². The second-order valence-corrected chi connectivity index (χ2v) is 8.64. The zero-order chi connectivity index (χ0) is 15.1. The molecule has 0 amide bonds. The van der Waals surface area contributed by atoms with Crippen LogP contribution in [0.5, 0.6) is 0 Å². The molecule has 21 heavy (non-hydrogen) atoms. The molecule has 0 aliphatic carbocycles. The Labute approximate surface area is 126 Å². The summed E-state index contributed by atoms with van der Waals surface area (Å²) < 4.78 is 41.1. The van der Waals surface area contributed by atoms with Crippen molar-refractivity contribution >= 4 is 9.84 Å². The number of morpholine rings is 1. The molecule has 3 aliphatic rings. The molecule has 7 heteroatoms. The maximum atomic E-state index is 12.0. The summed E-state index contributed by atoms with van der Waals surface area (Å²) >= 11 is 0. The first kappa shape index (κ1) is 15.7. The Hall–Kier alpha value is -0.210. The lowest BCUT2D eigenvalue weighted by molar-refractivity contribution is -0.167. The van der Waals surface area contributed by atoms with Gasteiger partial charge in [-0.15, -0.1) is 0 Å². The number of hydrogen-bond donors (Lipinski definition) is 0. The smallest absolute Gasteiger partial charge is 0.154 e. The maximum absolute atomic E-state index is 12.0. The fraction of sp³-hybridized carbons (Fsp3) is 1.00. The molecule has 0 aromatic carbocycles. The number of ether oxygens (including phenoxy) is 3. The summed E-state index contributed by atoms with van der Waals surface area (Å²) in [6, 6.07) is -0.0598. The number of hydrogen-bond acceptors (Lipinski definition) is 6. The minimum atomic E-state index is -3.00. The lowest BCUT2D eigenvalue weighted by Crippen LogP contribution is -2.60. The number of nitrogens with zero attached hydrogens (tertiary/aromatic N) is 1. The molecular weight excluding hydrogens is 294 g/mol. The second kappa shape index (κ2) is 5.77. The van der Waals surface area contributed by atoms with Crippen LogP contribution in [0.15, 0.2) is 0 Å². The number of methoxy groups -OCH3 is 1. The van der Waals surface area contributed by atoms with Gasteiger partial charge in [0.2, 0.25) is 0 Å². The number of rotatable bonds is 3. The number of sulfone groups is 1. The summed E-state index contributed by atoms with van der Waals surface area (Å²) in [6.07, 6.45) is 1.72. The van der Waals surface area contributed by atoms with Crippen LogP contribution in [0.3, 0.4) is 0 Å². The average molecular weight is 319 g/mol. The van der Waals surface area contributed by atoms with Crippen molar-refractivity contribution in [2.45, 2.75) is 43.6 Å². The lowest BCUT2D eigenvalue weighted by atomic mass is 9.96. The van der Waals surface area contributed by atoms with Crippen molar-refractivity contribution in [3.8, 4) is 0 Å². The quantitative estimate of drug-likeness (QED) is 0.733. The van der Waals surface area contributed by atoms with Crippen LogP contribution in [0, 0.1) is 0 Å². The summed E-state index contributed by atoms with van der Waals surface area (Å²) in [5, 5.41) is 0. The van der Waals surface area contributed by atoms with Gasteiger partial charge < -0.3 is 14.2 Å². The molecule has 1 spiro atoms. The fourth-order valence-corrected chi connectivity index (χ4v) is 5.70. The first-order chi connectivity index (χ1) is 9.97. The van der Waals surface area contributed by atoms with Crippen LogP contribution in [0.2, 0.25) is 0 Å². The molecule has 3 fully saturated rings. The fourth-order valence-electron chi connectivity index (χ4n) is 3.76. The SMILES string of the molecule is CCC1CN([C@@H]2CS(=O)(=O)C[C@@H]2OC)CC2(CCOC2)O1. The van der Waals surface area contributed by atoms with Crippen LogP contribution >= 0.6 is 0 Å². The van der Waals surface area contributed by atoms with E-state index in [1.807, 2.05) is 0 Å². The van der Waals surface area contributed by atoms with Gasteiger partial charge in [0.25, 0.3) is 0 Å². The Bertz CT molecular complexity index is 474. The standard InChI is InChI=1S/C14H25NO5S/c1-3-11-6-15(9-14(20-11)4-5-19-10-14)12-7-21(16,17)8-13(12)18-2/h11-13H,3-10H2,1-2H3/t11?,12-,13+,14?/m1/s1. The summed E-state index contributed by atoms with van der Waals surface area (Å²) in [5.74, 6) is 0.324. The van der Waals surface area contributed by atoms with E-state index < -0.39 is 9.84 Å². The van der Waals surface area contributed by atoms with Gasteiger partial charge in [0.1, 0.15) is 5.60 Å². The summed E-state index contributed by atoms with van der Waals surface area (Å²) in [4.78, 5) is 2.27. The van der Waals surface area contributed by atoms with Gasteiger partial charge >= 0.3 is 0 Å². The molecule has 3 aliphatic heterocycles. The Morgan fingerprint density at radius 3 is 2.81 bits per heavy atom. The summed E-state index contributed by atoms with van der Waals surface area (Å²) in [6.45, 7) is 4.96. The third-order valence-corrected chi connectivity index (χ3v) is 6.60. The minimum Gasteiger partial charge on any atom is -0.379 e. The van der Waals surface area contributed by atoms with Crippen molar-refractivity contribution in [1.82, 2.24) is 4.90 Å². The van der Waals surface area contributed by atoms with E-state index in [1.165, 1.54) is 0 Å². The average Bonchev–Trinajstić information content (AvgIpc) is 3.02. The van der Waals surface area contributed by atoms with Crippen LogP contribution in [-0.2, 0) is 24.0 Å². The summed E-state index contributed by atoms with van der Waals surface area (Å²) in [5.41, 5.74) is -0.260. The highest BCUT2D eigenvalue weighted by molar-refractivity contribution is 7.91. The van der Waals surface area contributed by atoms with Crippen LogP contribution in [0.4, 0.5) is 0 Å². The largest absolute Gasteiger partial charge is 0.379 e. The van der Waals surface area contributed by atoms with Gasteiger partial charge in [-0.05, 0) is 6.42 Å². The highest BCUT2D eigenvalue weighted by Gasteiger charge is 2.49. The van der Waals surface area contributed by atoms with E-state index in [0.29, 0.717) is 6.61 Å². The predicted octanol–water partition coefficient (Wildman–Crippen LogP) is 0.0683. The summed E-state index contributed by atoms with van der Waals surface area (Å²) in [7, 11) is -1.40. The van der Waals surface area contributed by atoms with Crippen LogP contribution in [0.1, 0.15) is 19.8 Å². The van der Waals surface area contributed by atoms with Gasteiger partial charge in [0.15, 0.2) is 9.84 Å². The van der Waals surface area contributed by atoms with Crippen molar-refractivity contribution < 1.29 is 22.6 Å². The molecule has 0 bridgehead atoms. The topological polar surface area (TPSA) is 65.1 Å². The van der Waals surface area contributed by atoms with E-state index in [9.17, 15) is 8.42 Å². The van der Waals surface area contributed by atoms with Gasteiger partial charge in [-0.25, -0.2) is 8.42 Å². The van der Waals surface area contributed by atoms with Gasteiger partial charge in [0, 0.05) is 33.2 Å². The zero-order valence-corrected chi connectivity index (χ0v) is 13.6. The molecule has 0 radical (unpaired) electrons. The third-order valence-electron chi connectivity index (χ3n) is 4.91. The Morgan fingerprint density at radius 1 is 1.38 bits per heavy atom. The van der Waals surface area contributed by atoms with E-state index in [-0.39, 0.29) is 35.4 Å².